The molecule has 22 heavy (non-hydrogen) atoms. The van der Waals surface area contributed by atoms with Gasteiger partial charge in [0.05, 0.1) is 4.79 Å². The summed E-state index contributed by atoms with van der Waals surface area (Å²) >= 11 is 3.37. The maximum Gasteiger partial charge on any atom is 0.612 e. The predicted molar refractivity (Wildman–Crippen MR) is 87.0 cm³/mol. The molecule has 0 saturated heterocycles. The van der Waals surface area contributed by atoms with Crippen molar-refractivity contribution in [1.29, 1.82) is 0 Å². The average molecular weight is 362 g/mol. The largest absolute Gasteiger partial charge is 0.612 e. The van der Waals surface area contributed by atoms with Gasteiger partial charge in [0, 0.05) is 5.33 Å². The molecule has 2 aromatic carbocycles. The van der Waals surface area contributed by atoms with Crippen molar-refractivity contribution < 1.29 is 18.7 Å². The molecule has 2 aromatic rings. The summed E-state index contributed by atoms with van der Waals surface area (Å²) in [7, 11) is 0. The fourth-order valence-corrected chi connectivity index (χ4v) is 2.85. The molecular formula is C17H14BrO4+. The van der Waals surface area contributed by atoms with Gasteiger partial charge >= 0.3 is 5.97 Å². The minimum atomic E-state index is -0.450. The van der Waals surface area contributed by atoms with E-state index in [9.17, 15) is 4.79 Å². The van der Waals surface area contributed by atoms with E-state index in [1.807, 2.05) is 30.3 Å². The van der Waals surface area contributed by atoms with E-state index in [2.05, 4.69) is 27.1 Å². The maximum atomic E-state index is 11.9. The first-order valence-corrected chi connectivity index (χ1v) is 7.90. The third-order valence-electron chi connectivity index (χ3n) is 3.48. The number of carbonyl (C=O) groups excluding carboxylic acids is 2. The number of hydrogen-bond donors (Lipinski definition) is 0. The smallest absolute Gasteiger partial charge is 0.486 e. The van der Waals surface area contributed by atoms with E-state index < -0.39 is 5.97 Å². The van der Waals surface area contributed by atoms with Gasteiger partial charge in [0.25, 0.3) is 0 Å². The zero-order valence-electron chi connectivity index (χ0n) is 11.8. The maximum absolute atomic E-state index is 11.9. The topological polar surface area (TPSA) is 46.8 Å². The van der Waals surface area contributed by atoms with Gasteiger partial charge in [-0.1, -0.05) is 34.1 Å². The molecule has 1 aliphatic rings. The summed E-state index contributed by atoms with van der Waals surface area (Å²) in [6.45, 7) is 4.30. The standard InChI is InChI=1S/C17H14BrO4/c1-20-17(19)14-8-11(2-3-13(14)10-18)12-4-5-15-16(9-12)22-7-6-21-15/h2-5,8-9H,1,6-7,10H2/q+1. The van der Waals surface area contributed by atoms with Crippen LogP contribution < -0.4 is 9.47 Å². The molecule has 0 fully saturated rings. The average Bonchev–Trinajstić information content (AvgIpc) is 2.60. The second-order valence-corrected chi connectivity index (χ2v) is 5.36. The summed E-state index contributed by atoms with van der Waals surface area (Å²) in [5, 5.41) is 0.568. The fourth-order valence-electron chi connectivity index (χ4n) is 2.36. The molecule has 3 rings (SSSR count). The lowest BCUT2D eigenvalue weighted by Gasteiger charge is -2.19. The van der Waals surface area contributed by atoms with Crippen molar-refractivity contribution >= 4 is 28.7 Å². The molecule has 0 amide bonds. The number of ether oxygens (including phenoxy) is 2. The van der Waals surface area contributed by atoms with Gasteiger partial charge in [-0.3, -0.25) is 4.42 Å². The number of carbonyl (C=O) groups is 1. The van der Waals surface area contributed by atoms with Crippen molar-refractivity contribution in [3.63, 3.8) is 0 Å². The lowest BCUT2D eigenvalue weighted by atomic mass is 9.99. The normalized spacial score (nSPS) is 12.8. The highest BCUT2D eigenvalue weighted by atomic mass is 79.9. The molecule has 0 unspecified atom stereocenters. The molecule has 0 bridgehead atoms. The van der Waals surface area contributed by atoms with Crippen LogP contribution >= 0.6 is 15.9 Å². The first kappa shape index (κ1) is 14.8. The summed E-state index contributed by atoms with van der Waals surface area (Å²) in [5.41, 5.74) is 3.21. The number of rotatable bonds is 3. The van der Waals surface area contributed by atoms with Crippen LogP contribution in [-0.2, 0) is 9.75 Å². The van der Waals surface area contributed by atoms with Crippen molar-refractivity contribution in [2.75, 3.05) is 13.2 Å². The Morgan fingerprint density at radius 3 is 2.50 bits per heavy atom. The molecule has 1 heterocycles. The highest BCUT2D eigenvalue weighted by Crippen LogP contribution is 2.35. The summed E-state index contributed by atoms with van der Waals surface area (Å²) in [6.07, 6.45) is 0. The van der Waals surface area contributed by atoms with Crippen molar-refractivity contribution in [3.8, 4) is 22.6 Å². The molecule has 112 valence electrons. The first-order chi connectivity index (χ1) is 10.7. The third-order valence-corrected chi connectivity index (χ3v) is 4.08. The van der Waals surface area contributed by atoms with Gasteiger partial charge < -0.3 is 9.47 Å². The van der Waals surface area contributed by atoms with Crippen LogP contribution in [0, 0.1) is 0 Å². The number of fused-ring (bicyclic) bond motifs is 1. The van der Waals surface area contributed by atoms with Gasteiger partial charge in [0.15, 0.2) is 18.3 Å². The van der Waals surface area contributed by atoms with E-state index in [0.717, 1.165) is 28.2 Å². The van der Waals surface area contributed by atoms with E-state index in [4.69, 9.17) is 9.47 Å². The van der Waals surface area contributed by atoms with E-state index >= 15 is 0 Å². The van der Waals surface area contributed by atoms with E-state index in [1.165, 1.54) is 0 Å². The van der Waals surface area contributed by atoms with E-state index in [1.54, 1.807) is 6.07 Å². The Bertz CT molecular complexity index is 739. The number of alkyl halides is 1. The lowest BCUT2D eigenvalue weighted by Crippen LogP contribution is -2.15. The molecule has 0 aromatic heterocycles. The quantitative estimate of drug-likeness (QED) is 0.620. The Kier molecular flexibility index (Phi) is 4.24. The van der Waals surface area contributed by atoms with Gasteiger partial charge in [0.1, 0.15) is 18.8 Å². The summed E-state index contributed by atoms with van der Waals surface area (Å²) in [5.74, 6) is 1.01. The van der Waals surface area contributed by atoms with Gasteiger partial charge in [0.2, 0.25) is 0 Å². The zero-order chi connectivity index (χ0) is 15.5. The molecule has 1 aliphatic heterocycles. The minimum absolute atomic E-state index is 0.450. The highest BCUT2D eigenvalue weighted by Gasteiger charge is 2.22. The third kappa shape index (κ3) is 2.76. The number of halogens is 1. The Hall–Kier alpha value is -2.14. The van der Waals surface area contributed by atoms with Crippen LogP contribution in [-0.4, -0.2) is 26.0 Å². The summed E-state index contributed by atoms with van der Waals surface area (Å²) < 4.78 is 15.7. The summed E-state index contributed by atoms with van der Waals surface area (Å²) in [6, 6.07) is 11.4. The molecule has 0 spiro atoms. The molecule has 5 heteroatoms. The van der Waals surface area contributed by atoms with Crippen LogP contribution in [0.1, 0.15) is 15.9 Å². The Balaban J connectivity index is 2.04. The van der Waals surface area contributed by atoms with Crippen molar-refractivity contribution in [2.24, 2.45) is 0 Å². The van der Waals surface area contributed by atoms with Crippen molar-refractivity contribution in [1.82, 2.24) is 0 Å². The molecular weight excluding hydrogens is 348 g/mol. The second kappa shape index (κ2) is 6.32. The van der Waals surface area contributed by atoms with Crippen molar-refractivity contribution in [2.45, 2.75) is 5.33 Å². The molecule has 0 N–H and O–H groups in total. The van der Waals surface area contributed by atoms with Gasteiger partial charge in [-0.2, -0.15) is 0 Å². The van der Waals surface area contributed by atoms with E-state index in [-0.39, 0.29) is 0 Å². The van der Waals surface area contributed by atoms with Crippen LogP contribution in [0.2, 0.25) is 0 Å². The molecule has 0 saturated carbocycles. The van der Waals surface area contributed by atoms with Gasteiger partial charge in [-0.15, -0.1) is 0 Å². The summed E-state index contributed by atoms with van der Waals surface area (Å²) in [4.78, 5) is 11.9. The Morgan fingerprint density at radius 2 is 1.77 bits per heavy atom. The minimum Gasteiger partial charge on any atom is -0.486 e. The van der Waals surface area contributed by atoms with Crippen LogP contribution in [0.4, 0.5) is 0 Å². The molecule has 0 radical (unpaired) electrons. The van der Waals surface area contributed by atoms with Gasteiger partial charge in [-0.25, -0.2) is 0 Å². The fraction of sp³-hybridized carbons (Fsp3) is 0.176. The van der Waals surface area contributed by atoms with Crippen LogP contribution in [0.15, 0.2) is 36.4 Å². The molecule has 0 aliphatic carbocycles. The Labute approximate surface area is 136 Å². The predicted octanol–water partition coefficient (Wildman–Crippen LogP) is 3.52. The highest BCUT2D eigenvalue weighted by molar-refractivity contribution is 9.08. The van der Waals surface area contributed by atoms with E-state index in [0.29, 0.717) is 24.1 Å². The Morgan fingerprint density at radius 1 is 1.09 bits per heavy atom. The molecule has 0 atom stereocenters. The van der Waals surface area contributed by atoms with Crippen molar-refractivity contribution in [3.05, 3.63) is 47.5 Å². The monoisotopic (exact) mass is 361 g/mol. The van der Waals surface area contributed by atoms with Crippen LogP contribution in [0.25, 0.3) is 11.1 Å². The SMILES string of the molecule is C=[O+]C(=O)c1cc(-c2ccc3c(c2)OCCO3)ccc1CBr. The van der Waals surface area contributed by atoms with Gasteiger partial charge in [-0.05, 0) is 34.9 Å². The zero-order valence-corrected chi connectivity index (χ0v) is 13.4. The lowest BCUT2D eigenvalue weighted by molar-refractivity contribution is -0.334. The van der Waals surface area contributed by atoms with Crippen LogP contribution in [0.3, 0.4) is 0 Å². The molecule has 4 nitrogen and oxygen atoms in total. The number of hydrogen-bond acceptors (Lipinski definition) is 3. The number of benzene rings is 2. The second-order valence-electron chi connectivity index (χ2n) is 4.80. The van der Waals surface area contributed by atoms with Crippen LogP contribution in [0.5, 0.6) is 11.5 Å². The first-order valence-electron chi connectivity index (χ1n) is 6.78.